The minimum atomic E-state index is -3.21. The third kappa shape index (κ3) is 3.23. The quantitative estimate of drug-likeness (QED) is 0.843. The van der Waals surface area contributed by atoms with Crippen molar-refractivity contribution in [2.45, 2.75) is 13.3 Å². The standard InChI is InChI=1S/C15H19N3O4S/c1-2-23(20,21)18-7-3-6-17(8-9-18)15(19)12-4-5-13-14(10-12)22-11-16-13/h4-5,10-11H,2-3,6-9H2,1H3. The van der Waals surface area contributed by atoms with E-state index in [-0.39, 0.29) is 11.7 Å². The number of fused-ring (bicyclic) bond motifs is 1. The summed E-state index contributed by atoms with van der Waals surface area (Å²) < 4.78 is 30.6. The number of oxazole rings is 1. The van der Waals surface area contributed by atoms with Crippen LogP contribution in [0.15, 0.2) is 29.0 Å². The van der Waals surface area contributed by atoms with E-state index in [4.69, 9.17) is 4.42 Å². The van der Waals surface area contributed by atoms with Crippen LogP contribution in [-0.4, -0.2) is 60.4 Å². The largest absolute Gasteiger partial charge is 0.443 e. The van der Waals surface area contributed by atoms with E-state index < -0.39 is 10.0 Å². The Balaban J connectivity index is 1.75. The van der Waals surface area contributed by atoms with Crippen LogP contribution in [0.3, 0.4) is 0 Å². The van der Waals surface area contributed by atoms with Crippen LogP contribution in [0.1, 0.15) is 23.7 Å². The lowest BCUT2D eigenvalue weighted by atomic mass is 10.1. The van der Waals surface area contributed by atoms with Gasteiger partial charge in [0.15, 0.2) is 12.0 Å². The number of sulfonamides is 1. The first kappa shape index (κ1) is 15.9. The molecule has 1 saturated heterocycles. The van der Waals surface area contributed by atoms with E-state index >= 15 is 0 Å². The van der Waals surface area contributed by atoms with Gasteiger partial charge in [0.25, 0.3) is 5.91 Å². The molecule has 2 aromatic rings. The number of carbonyl (C=O) groups excluding carboxylic acids is 1. The van der Waals surface area contributed by atoms with Gasteiger partial charge in [-0.3, -0.25) is 4.79 Å². The number of nitrogens with zero attached hydrogens (tertiary/aromatic N) is 3. The SMILES string of the molecule is CCS(=O)(=O)N1CCCN(C(=O)c2ccc3ncoc3c2)CC1. The van der Waals surface area contributed by atoms with E-state index in [9.17, 15) is 13.2 Å². The molecule has 1 fully saturated rings. The topological polar surface area (TPSA) is 83.7 Å². The fraction of sp³-hybridized carbons (Fsp3) is 0.467. The average molecular weight is 337 g/mol. The van der Waals surface area contributed by atoms with Crippen molar-refractivity contribution in [1.82, 2.24) is 14.2 Å². The third-order valence-corrected chi connectivity index (χ3v) is 5.96. The lowest BCUT2D eigenvalue weighted by molar-refractivity contribution is 0.0764. The summed E-state index contributed by atoms with van der Waals surface area (Å²) in [5, 5.41) is 0. The van der Waals surface area contributed by atoms with Crippen LogP contribution >= 0.6 is 0 Å². The maximum absolute atomic E-state index is 12.6. The molecule has 1 aromatic heterocycles. The van der Waals surface area contributed by atoms with Crippen molar-refractivity contribution in [3.8, 4) is 0 Å². The molecular formula is C15H19N3O4S. The Labute approximate surface area is 134 Å². The molecule has 1 aromatic carbocycles. The number of hydrogen-bond acceptors (Lipinski definition) is 5. The van der Waals surface area contributed by atoms with Gasteiger partial charge in [-0.25, -0.2) is 17.7 Å². The van der Waals surface area contributed by atoms with Crippen LogP contribution in [0, 0.1) is 0 Å². The van der Waals surface area contributed by atoms with Gasteiger partial charge in [-0.05, 0) is 31.5 Å². The van der Waals surface area contributed by atoms with Gasteiger partial charge in [-0.1, -0.05) is 0 Å². The highest BCUT2D eigenvalue weighted by molar-refractivity contribution is 7.89. The van der Waals surface area contributed by atoms with Gasteiger partial charge in [0.2, 0.25) is 10.0 Å². The molecule has 0 spiro atoms. The summed E-state index contributed by atoms with van der Waals surface area (Å²) in [6.45, 7) is 3.37. The van der Waals surface area contributed by atoms with Crippen molar-refractivity contribution >= 4 is 27.0 Å². The van der Waals surface area contributed by atoms with Crippen LogP contribution in [-0.2, 0) is 10.0 Å². The van der Waals surface area contributed by atoms with Crippen molar-refractivity contribution in [1.29, 1.82) is 0 Å². The summed E-state index contributed by atoms with van der Waals surface area (Å²) in [4.78, 5) is 18.4. The number of rotatable bonds is 3. The zero-order chi connectivity index (χ0) is 16.4. The van der Waals surface area contributed by atoms with Gasteiger partial charge in [0.05, 0.1) is 5.75 Å². The lowest BCUT2D eigenvalue weighted by Crippen LogP contribution is -2.37. The predicted molar refractivity (Wildman–Crippen MR) is 85.6 cm³/mol. The first-order valence-corrected chi connectivity index (χ1v) is 9.22. The Bertz CT molecular complexity index is 815. The lowest BCUT2D eigenvalue weighted by Gasteiger charge is -2.21. The van der Waals surface area contributed by atoms with Gasteiger partial charge in [-0.2, -0.15) is 0 Å². The van der Waals surface area contributed by atoms with Crippen LogP contribution < -0.4 is 0 Å². The van der Waals surface area contributed by atoms with E-state index in [1.165, 1.54) is 10.7 Å². The van der Waals surface area contributed by atoms with Crippen molar-refractivity contribution < 1.29 is 17.6 Å². The summed E-state index contributed by atoms with van der Waals surface area (Å²) in [7, 11) is -3.21. The van der Waals surface area contributed by atoms with E-state index in [1.54, 1.807) is 30.0 Å². The molecule has 8 heteroatoms. The van der Waals surface area contributed by atoms with Crippen LogP contribution in [0.25, 0.3) is 11.1 Å². The van der Waals surface area contributed by atoms with Crippen molar-refractivity contribution in [3.63, 3.8) is 0 Å². The zero-order valence-corrected chi connectivity index (χ0v) is 13.8. The van der Waals surface area contributed by atoms with Crippen molar-refractivity contribution in [2.24, 2.45) is 0 Å². The smallest absolute Gasteiger partial charge is 0.254 e. The summed E-state index contributed by atoms with van der Waals surface area (Å²) >= 11 is 0. The molecule has 124 valence electrons. The fourth-order valence-electron chi connectivity index (χ4n) is 2.73. The molecule has 3 rings (SSSR count). The number of hydrogen-bond donors (Lipinski definition) is 0. The van der Waals surface area contributed by atoms with Crippen molar-refractivity contribution in [2.75, 3.05) is 31.9 Å². The normalized spacial score (nSPS) is 17.3. The molecule has 0 aliphatic carbocycles. The Morgan fingerprint density at radius 2 is 2.09 bits per heavy atom. The molecule has 23 heavy (non-hydrogen) atoms. The van der Waals surface area contributed by atoms with Crippen LogP contribution in [0.5, 0.6) is 0 Å². The molecule has 7 nitrogen and oxygen atoms in total. The van der Waals surface area contributed by atoms with Crippen molar-refractivity contribution in [3.05, 3.63) is 30.2 Å². The fourth-order valence-corrected chi connectivity index (χ4v) is 3.86. The molecular weight excluding hydrogens is 318 g/mol. The highest BCUT2D eigenvalue weighted by atomic mass is 32.2. The summed E-state index contributed by atoms with van der Waals surface area (Å²) in [6, 6.07) is 5.15. The van der Waals surface area contributed by atoms with E-state index in [0.717, 1.165) is 0 Å². The zero-order valence-electron chi connectivity index (χ0n) is 12.9. The summed E-state index contributed by atoms with van der Waals surface area (Å²) in [6.07, 6.45) is 1.98. The minimum absolute atomic E-state index is 0.0864. The van der Waals surface area contributed by atoms with Gasteiger partial charge in [-0.15, -0.1) is 0 Å². The minimum Gasteiger partial charge on any atom is -0.443 e. The molecule has 0 N–H and O–H groups in total. The second-order valence-electron chi connectivity index (χ2n) is 5.48. The number of amides is 1. The summed E-state index contributed by atoms with van der Waals surface area (Å²) in [5.74, 6) is -0.0256. The number of carbonyl (C=O) groups is 1. The van der Waals surface area contributed by atoms with E-state index in [0.29, 0.717) is 49.3 Å². The Morgan fingerprint density at radius 3 is 2.87 bits per heavy atom. The van der Waals surface area contributed by atoms with Gasteiger partial charge in [0, 0.05) is 31.7 Å². The Kier molecular flexibility index (Phi) is 4.36. The highest BCUT2D eigenvalue weighted by Gasteiger charge is 2.26. The maximum Gasteiger partial charge on any atom is 0.254 e. The van der Waals surface area contributed by atoms with Crippen LogP contribution in [0.4, 0.5) is 0 Å². The number of aromatic nitrogens is 1. The highest BCUT2D eigenvalue weighted by Crippen LogP contribution is 2.17. The first-order valence-electron chi connectivity index (χ1n) is 7.61. The van der Waals surface area contributed by atoms with Gasteiger partial charge < -0.3 is 9.32 Å². The third-order valence-electron chi connectivity index (χ3n) is 4.08. The monoisotopic (exact) mass is 337 g/mol. The second-order valence-corrected chi connectivity index (χ2v) is 7.74. The molecule has 0 radical (unpaired) electrons. The second kappa shape index (κ2) is 6.29. The Hall–Kier alpha value is -1.93. The van der Waals surface area contributed by atoms with Gasteiger partial charge in [0.1, 0.15) is 5.52 Å². The molecule has 0 bridgehead atoms. The molecule has 1 aliphatic heterocycles. The first-order chi connectivity index (χ1) is 11.0. The Morgan fingerprint density at radius 1 is 1.26 bits per heavy atom. The molecule has 0 unspecified atom stereocenters. The summed E-state index contributed by atoms with van der Waals surface area (Å²) in [5.41, 5.74) is 1.81. The molecule has 2 heterocycles. The number of benzene rings is 1. The molecule has 0 atom stereocenters. The van der Waals surface area contributed by atoms with Crippen LogP contribution in [0.2, 0.25) is 0 Å². The van der Waals surface area contributed by atoms with Gasteiger partial charge >= 0.3 is 0 Å². The van der Waals surface area contributed by atoms with E-state index in [2.05, 4.69) is 4.98 Å². The van der Waals surface area contributed by atoms with E-state index in [1.807, 2.05) is 0 Å². The predicted octanol–water partition coefficient (Wildman–Crippen LogP) is 1.33. The molecule has 0 saturated carbocycles. The molecule has 1 amide bonds. The molecule has 1 aliphatic rings. The average Bonchev–Trinajstić information content (AvgIpc) is 2.87. The maximum atomic E-state index is 12.6.